The van der Waals surface area contributed by atoms with E-state index >= 15 is 0 Å². The second kappa shape index (κ2) is 7.69. The van der Waals surface area contributed by atoms with E-state index in [1.54, 1.807) is 12.1 Å². The zero-order valence-corrected chi connectivity index (χ0v) is 19.9. The van der Waals surface area contributed by atoms with Crippen LogP contribution in [0.2, 0.25) is 0 Å². The van der Waals surface area contributed by atoms with E-state index in [-0.39, 0.29) is 22.7 Å². The average Bonchev–Trinajstić information content (AvgIpc) is 3.29. The summed E-state index contributed by atoms with van der Waals surface area (Å²) in [5.41, 5.74) is 8.60. The number of allylic oxidation sites excluding steroid dienone is 1. The first-order valence-electron chi connectivity index (χ1n) is 11.0. The molecular formula is C26H31N5O. The lowest BCUT2D eigenvalue weighted by atomic mass is 9.71. The van der Waals surface area contributed by atoms with Crippen molar-refractivity contribution >= 4 is 23.5 Å². The molecule has 0 fully saturated rings. The summed E-state index contributed by atoms with van der Waals surface area (Å²) in [6.45, 7) is 16.2. The number of rotatable bonds is 4. The number of tetrazole rings is 1. The third kappa shape index (κ3) is 3.64. The summed E-state index contributed by atoms with van der Waals surface area (Å²) in [6, 6.07) is 12.3. The predicted molar refractivity (Wildman–Crippen MR) is 129 cm³/mol. The minimum absolute atomic E-state index is 0.134. The molecule has 166 valence electrons. The summed E-state index contributed by atoms with van der Waals surface area (Å²) in [5.74, 6) is 0.449. The number of carbonyl (C=O) groups is 1. The number of fused-ring (bicyclic) bond motifs is 1. The molecule has 2 aromatic carbocycles. The maximum Gasteiger partial charge on any atom is 0.270 e. The third-order valence-electron chi connectivity index (χ3n) is 7.47. The first-order valence-corrected chi connectivity index (χ1v) is 11.0. The topological polar surface area (TPSA) is 83.6 Å². The van der Waals surface area contributed by atoms with Gasteiger partial charge in [-0.1, -0.05) is 70.1 Å². The lowest BCUT2D eigenvalue weighted by Gasteiger charge is -2.32. The van der Waals surface area contributed by atoms with Gasteiger partial charge in [0.2, 0.25) is 0 Å². The number of amides is 1. The summed E-state index contributed by atoms with van der Waals surface area (Å²) < 4.78 is 0. The summed E-state index contributed by atoms with van der Waals surface area (Å²) in [4.78, 5) is 12.3. The fourth-order valence-electron chi connectivity index (χ4n) is 5.01. The fourth-order valence-corrected chi connectivity index (χ4v) is 5.01. The monoisotopic (exact) mass is 429 g/mol. The van der Waals surface area contributed by atoms with Crippen molar-refractivity contribution in [2.75, 3.05) is 5.32 Å². The molecule has 1 unspecified atom stereocenters. The van der Waals surface area contributed by atoms with Crippen LogP contribution in [0, 0.1) is 12.8 Å². The van der Waals surface area contributed by atoms with Crippen LogP contribution in [0.3, 0.4) is 0 Å². The van der Waals surface area contributed by atoms with Gasteiger partial charge in [-0.2, -0.15) is 5.21 Å². The van der Waals surface area contributed by atoms with Crippen LogP contribution in [0.4, 0.5) is 5.95 Å². The minimum Gasteiger partial charge on any atom is -0.288 e. The highest BCUT2D eigenvalue weighted by atomic mass is 16.1. The number of carbonyl (C=O) groups excluding carboxylic acids is 1. The SMILES string of the molecule is C/C(=C\c1ccc(C(=O)Nc2nn[nH]n2)cc1)c1cc2c(cc1C)C(C)(C)C(C)C2(C)C. The number of nitrogens with zero attached hydrogens (tertiary/aromatic N) is 3. The zero-order valence-electron chi connectivity index (χ0n) is 19.9. The maximum absolute atomic E-state index is 12.3. The lowest BCUT2D eigenvalue weighted by molar-refractivity contribution is 0.102. The molecule has 1 aromatic heterocycles. The molecule has 1 heterocycles. The summed E-state index contributed by atoms with van der Waals surface area (Å²) >= 11 is 0. The highest BCUT2D eigenvalue weighted by molar-refractivity contribution is 6.03. The van der Waals surface area contributed by atoms with Gasteiger partial charge < -0.3 is 0 Å². The van der Waals surface area contributed by atoms with Crippen molar-refractivity contribution in [2.45, 2.75) is 59.3 Å². The van der Waals surface area contributed by atoms with Crippen LogP contribution in [0.15, 0.2) is 36.4 Å². The molecule has 6 heteroatoms. The maximum atomic E-state index is 12.3. The summed E-state index contributed by atoms with van der Waals surface area (Å²) in [6.07, 6.45) is 2.17. The van der Waals surface area contributed by atoms with Crippen molar-refractivity contribution in [1.82, 2.24) is 20.6 Å². The van der Waals surface area contributed by atoms with E-state index in [9.17, 15) is 4.79 Å². The van der Waals surface area contributed by atoms with E-state index in [1.165, 1.54) is 27.8 Å². The van der Waals surface area contributed by atoms with Crippen molar-refractivity contribution in [2.24, 2.45) is 5.92 Å². The molecule has 1 atom stereocenters. The van der Waals surface area contributed by atoms with Gasteiger partial charge in [0.05, 0.1) is 0 Å². The standard InChI is InChI=1S/C26H31N5O/c1-15(12-18-8-10-19(11-9-18)23(32)27-24-28-30-31-29-24)20-14-22-21(13-16(20)2)25(4,5)17(3)26(22,6)7/h8-14,17H,1-7H3,(H2,27,28,29,30,31,32)/b15-12+. The van der Waals surface area contributed by atoms with Gasteiger partial charge >= 0.3 is 0 Å². The largest absolute Gasteiger partial charge is 0.288 e. The molecule has 0 saturated heterocycles. The molecule has 0 aliphatic heterocycles. The Morgan fingerprint density at radius 2 is 1.69 bits per heavy atom. The number of nitrogens with one attached hydrogen (secondary N) is 2. The number of aromatic nitrogens is 4. The molecule has 2 N–H and O–H groups in total. The molecule has 3 aromatic rings. The highest BCUT2D eigenvalue weighted by Gasteiger charge is 2.48. The molecule has 1 aliphatic carbocycles. The predicted octanol–water partition coefficient (Wildman–Crippen LogP) is 5.53. The Labute approximate surface area is 189 Å². The van der Waals surface area contributed by atoms with Crippen molar-refractivity contribution in [3.63, 3.8) is 0 Å². The number of H-pyrrole nitrogens is 1. The minimum atomic E-state index is -0.271. The van der Waals surface area contributed by atoms with E-state index in [2.05, 4.69) is 92.6 Å². The number of hydrogen-bond donors (Lipinski definition) is 2. The first kappa shape index (κ1) is 21.9. The Hall–Kier alpha value is -3.28. The van der Waals surface area contributed by atoms with Crippen LogP contribution >= 0.6 is 0 Å². The fraction of sp³-hybridized carbons (Fsp3) is 0.385. The number of benzene rings is 2. The van der Waals surface area contributed by atoms with Crippen LogP contribution in [0.25, 0.3) is 11.6 Å². The normalized spacial score (nSPS) is 19.0. The molecule has 1 amide bonds. The number of anilines is 1. The van der Waals surface area contributed by atoms with Gasteiger partial charge in [-0.05, 0) is 81.3 Å². The van der Waals surface area contributed by atoms with Crippen LogP contribution in [0.1, 0.15) is 79.7 Å². The van der Waals surface area contributed by atoms with Gasteiger partial charge in [0, 0.05) is 5.56 Å². The molecule has 32 heavy (non-hydrogen) atoms. The van der Waals surface area contributed by atoms with E-state index < -0.39 is 0 Å². The Balaban J connectivity index is 1.61. The van der Waals surface area contributed by atoms with Gasteiger partial charge in [0.15, 0.2) is 0 Å². The molecule has 4 rings (SSSR count). The van der Waals surface area contributed by atoms with E-state index in [4.69, 9.17) is 0 Å². The lowest BCUT2D eigenvalue weighted by Crippen LogP contribution is -2.30. The Morgan fingerprint density at radius 3 is 2.28 bits per heavy atom. The van der Waals surface area contributed by atoms with Crippen LogP contribution < -0.4 is 5.32 Å². The van der Waals surface area contributed by atoms with E-state index in [0.717, 1.165) is 5.56 Å². The number of aryl methyl sites for hydroxylation is 1. The number of hydrogen-bond acceptors (Lipinski definition) is 4. The van der Waals surface area contributed by atoms with Crippen molar-refractivity contribution in [3.05, 3.63) is 69.8 Å². The quantitative estimate of drug-likeness (QED) is 0.535. The second-order valence-corrected chi connectivity index (χ2v) is 10.0. The molecule has 1 aliphatic rings. The third-order valence-corrected chi connectivity index (χ3v) is 7.47. The van der Waals surface area contributed by atoms with Gasteiger partial charge in [-0.15, -0.1) is 5.10 Å². The first-order chi connectivity index (χ1) is 15.0. The van der Waals surface area contributed by atoms with E-state index in [0.29, 0.717) is 11.5 Å². The van der Waals surface area contributed by atoms with Crippen molar-refractivity contribution in [3.8, 4) is 0 Å². The molecule has 0 radical (unpaired) electrons. The van der Waals surface area contributed by atoms with Crippen LogP contribution in [-0.4, -0.2) is 26.5 Å². The van der Waals surface area contributed by atoms with Crippen molar-refractivity contribution in [1.29, 1.82) is 0 Å². The van der Waals surface area contributed by atoms with Gasteiger partial charge in [-0.3, -0.25) is 10.1 Å². The van der Waals surface area contributed by atoms with Gasteiger partial charge in [0.25, 0.3) is 11.9 Å². The Morgan fingerprint density at radius 1 is 1.06 bits per heavy atom. The second-order valence-electron chi connectivity index (χ2n) is 10.0. The van der Waals surface area contributed by atoms with Crippen LogP contribution in [0.5, 0.6) is 0 Å². The van der Waals surface area contributed by atoms with E-state index in [1.807, 2.05) is 12.1 Å². The molecule has 0 spiro atoms. The molecule has 0 bridgehead atoms. The van der Waals surface area contributed by atoms with Gasteiger partial charge in [-0.25, -0.2) is 0 Å². The highest BCUT2D eigenvalue weighted by Crippen LogP contribution is 2.54. The smallest absolute Gasteiger partial charge is 0.270 e. The van der Waals surface area contributed by atoms with Crippen molar-refractivity contribution < 1.29 is 4.79 Å². The molecule has 6 nitrogen and oxygen atoms in total. The van der Waals surface area contributed by atoms with Gasteiger partial charge in [0.1, 0.15) is 0 Å². The zero-order chi connectivity index (χ0) is 23.3. The summed E-state index contributed by atoms with van der Waals surface area (Å²) in [7, 11) is 0. The summed E-state index contributed by atoms with van der Waals surface area (Å²) in [5, 5.41) is 15.8. The Bertz CT molecular complexity index is 1190. The average molecular weight is 430 g/mol. The molecule has 0 saturated carbocycles. The van der Waals surface area contributed by atoms with Crippen LogP contribution in [-0.2, 0) is 10.8 Å². The number of aromatic amines is 1. The molecular weight excluding hydrogens is 398 g/mol. The Kier molecular flexibility index (Phi) is 5.27.